The lowest BCUT2D eigenvalue weighted by molar-refractivity contribution is -0.129. The highest BCUT2D eigenvalue weighted by Crippen LogP contribution is 2.34. The molecule has 33 heavy (non-hydrogen) atoms. The maximum absolute atomic E-state index is 11.7. The molecule has 2 aromatic heterocycles. The molecule has 8 heteroatoms. The molecular formula is C25H34N6O2. The Kier molecular flexibility index (Phi) is 6.44. The number of nitrogens with zero attached hydrogens (tertiary/aromatic N) is 5. The lowest BCUT2D eigenvalue weighted by Gasteiger charge is -2.34. The Hall–Kier alpha value is -3.29. The number of carbonyl (C=O) groups excluding carboxylic acids is 1. The standard InChI is InChI=1S/C25H34N6O2/c1-16(2)31-15-21-22(24(31)33)27-25(30-12-10-29(11-13-30)19(5)32)28-23(21)26-9-8-20-7-6-17(3)18(4)14-20/h6-7,14-16,33H,8-13H2,1-5H3,(H,26,27,28). The highest BCUT2D eigenvalue weighted by molar-refractivity contribution is 5.94. The minimum absolute atomic E-state index is 0.0892. The summed E-state index contributed by atoms with van der Waals surface area (Å²) >= 11 is 0. The van der Waals surface area contributed by atoms with E-state index in [1.807, 2.05) is 29.5 Å². The SMILES string of the molecule is CC(=O)N1CCN(c2nc(NCCc3ccc(C)c(C)c3)c3cn(C(C)C)c(O)c3n2)CC1. The van der Waals surface area contributed by atoms with E-state index < -0.39 is 0 Å². The predicted molar refractivity (Wildman–Crippen MR) is 132 cm³/mol. The number of aromatic hydroxyl groups is 1. The highest BCUT2D eigenvalue weighted by atomic mass is 16.3. The molecule has 1 amide bonds. The normalized spacial score (nSPS) is 14.4. The minimum atomic E-state index is 0.0892. The van der Waals surface area contributed by atoms with E-state index in [2.05, 4.69) is 42.3 Å². The molecule has 8 nitrogen and oxygen atoms in total. The molecule has 1 aromatic carbocycles. The molecule has 0 unspecified atom stereocenters. The fraction of sp³-hybridized carbons (Fsp3) is 0.480. The van der Waals surface area contributed by atoms with Crippen molar-refractivity contribution in [2.75, 3.05) is 42.9 Å². The van der Waals surface area contributed by atoms with Crippen molar-refractivity contribution in [1.82, 2.24) is 19.4 Å². The summed E-state index contributed by atoms with van der Waals surface area (Å²) in [5.74, 6) is 1.55. The second-order valence-corrected chi connectivity index (χ2v) is 9.18. The third kappa shape index (κ3) is 4.74. The van der Waals surface area contributed by atoms with Gasteiger partial charge in [0.05, 0.1) is 5.39 Å². The Labute approximate surface area is 195 Å². The monoisotopic (exact) mass is 450 g/mol. The van der Waals surface area contributed by atoms with Gasteiger partial charge in [-0.25, -0.2) is 4.98 Å². The number of aryl methyl sites for hydroxylation is 2. The summed E-state index contributed by atoms with van der Waals surface area (Å²) in [5, 5.41) is 15.2. The number of benzene rings is 1. The number of hydrogen-bond acceptors (Lipinski definition) is 6. The Bertz CT molecular complexity index is 1160. The van der Waals surface area contributed by atoms with E-state index >= 15 is 0 Å². The van der Waals surface area contributed by atoms with Crippen LogP contribution in [0, 0.1) is 13.8 Å². The molecule has 0 saturated carbocycles. The van der Waals surface area contributed by atoms with Gasteiger partial charge in [0.2, 0.25) is 17.7 Å². The topological polar surface area (TPSA) is 86.5 Å². The minimum Gasteiger partial charge on any atom is -0.493 e. The van der Waals surface area contributed by atoms with Crippen LogP contribution in [0.2, 0.25) is 0 Å². The molecule has 3 heterocycles. The van der Waals surface area contributed by atoms with Gasteiger partial charge in [0.15, 0.2) is 0 Å². The second kappa shape index (κ2) is 9.29. The summed E-state index contributed by atoms with van der Waals surface area (Å²) in [7, 11) is 0. The van der Waals surface area contributed by atoms with E-state index in [1.165, 1.54) is 16.7 Å². The largest absolute Gasteiger partial charge is 0.493 e. The van der Waals surface area contributed by atoms with E-state index in [4.69, 9.17) is 9.97 Å². The number of nitrogens with one attached hydrogen (secondary N) is 1. The van der Waals surface area contributed by atoms with Crippen LogP contribution >= 0.6 is 0 Å². The number of carbonyl (C=O) groups is 1. The van der Waals surface area contributed by atoms with Crippen LogP contribution in [0.1, 0.15) is 43.5 Å². The summed E-state index contributed by atoms with van der Waals surface area (Å²) in [6.07, 6.45) is 2.79. The second-order valence-electron chi connectivity index (χ2n) is 9.18. The molecule has 0 bridgehead atoms. The molecule has 1 aliphatic heterocycles. The van der Waals surface area contributed by atoms with Crippen LogP contribution in [0.15, 0.2) is 24.4 Å². The fourth-order valence-corrected chi connectivity index (χ4v) is 4.25. The number of piperazine rings is 1. The molecular weight excluding hydrogens is 416 g/mol. The third-order valence-electron chi connectivity index (χ3n) is 6.50. The van der Waals surface area contributed by atoms with Gasteiger partial charge in [-0.15, -0.1) is 0 Å². The zero-order chi connectivity index (χ0) is 23.7. The zero-order valence-corrected chi connectivity index (χ0v) is 20.2. The average molecular weight is 451 g/mol. The van der Waals surface area contributed by atoms with Gasteiger partial charge in [0.25, 0.3) is 0 Å². The van der Waals surface area contributed by atoms with Crippen molar-refractivity contribution >= 4 is 28.6 Å². The van der Waals surface area contributed by atoms with Crippen LogP contribution in [0.25, 0.3) is 10.9 Å². The first-order chi connectivity index (χ1) is 15.7. The number of anilines is 2. The molecule has 1 fully saturated rings. The maximum Gasteiger partial charge on any atom is 0.228 e. The van der Waals surface area contributed by atoms with Crippen LogP contribution in [-0.2, 0) is 11.2 Å². The number of aromatic nitrogens is 3. The molecule has 0 atom stereocenters. The van der Waals surface area contributed by atoms with Gasteiger partial charge in [-0.05, 0) is 50.8 Å². The summed E-state index contributed by atoms with van der Waals surface area (Å²) in [5.41, 5.74) is 4.42. The number of amides is 1. The summed E-state index contributed by atoms with van der Waals surface area (Å²) < 4.78 is 1.82. The fourth-order valence-electron chi connectivity index (χ4n) is 4.25. The Morgan fingerprint density at radius 1 is 1.12 bits per heavy atom. The average Bonchev–Trinajstić information content (AvgIpc) is 3.13. The first-order valence-electron chi connectivity index (χ1n) is 11.7. The Balaban J connectivity index is 1.61. The van der Waals surface area contributed by atoms with E-state index in [9.17, 15) is 9.90 Å². The van der Waals surface area contributed by atoms with Crippen LogP contribution in [0.3, 0.4) is 0 Å². The van der Waals surface area contributed by atoms with Crippen LogP contribution in [0.5, 0.6) is 5.88 Å². The summed E-state index contributed by atoms with van der Waals surface area (Å²) in [6, 6.07) is 6.66. The molecule has 1 saturated heterocycles. The van der Waals surface area contributed by atoms with Gasteiger partial charge >= 0.3 is 0 Å². The van der Waals surface area contributed by atoms with Gasteiger partial charge in [0.1, 0.15) is 11.3 Å². The van der Waals surface area contributed by atoms with Crippen molar-refractivity contribution in [2.45, 2.75) is 47.1 Å². The first-order valence-corrected chi connectivity index (χ1v) is 11.7. The van der Waals surface area contributed by atoms with Gasteiger partial charge in [0, 0.05) is 51.9 Å². The molecule has 2 N–H and O–H groups in total. The molecule has 3 aromatic rings. The molecule has 0 aliphatic carbocycles. The first kappa shape index (κ1) is 22.9. The van der Waals surface area contributed by atoms with E-state index in [-0.39, 0.29) is 17.8 Å². The molecule has 176 valence electrons. The lowest BCUT2D eigenvalue weighted by atomic mass is 10.0. The van der Waals surface area contributed by atoms with Crippen molar-refractivity contribution in [3.63, 3.8) is 0 Å². The quantitative estimate of drug-likeness (QED) is 0.596. The third-order valence-corrected chi connectivity index (χ3v) is 6.50. The van der Waals surface area contributed by atoms with Gasteiger partial charge < -0.3 is 24.8 Å². The molecule has 0 radical (unpaired) electrons. The smallest absolute Gasteiger partial charge is 0.228 e. The van der Waals surface area contributed by atoms with E-state index in [0.29, 0.717) is 37.6 Å². The van der Waals surface area contributed by atoms with Gasteiger partial charge in [-0.3, -0.25) is 4.79 Å². The van der Waals surface area contributed by atoms with E-state index in [1.54, 1.807) is 6.92 Å². The summed E-state index contributed by atoms with van der Waals surface area (Å²) in [4.78, 5) is 25.2. The number of rotatable bonds is 6. The molecule has 4 rings (SSSR count). The lowest BCUT2D eigenvalue weighted by Crippen LogP contribution is -2.48. The summed E-state index contributed by atoms with van der Waals surface area (Å²) in [6.45, 7) is 13.3. The van der Waals surface area contributed by atoms with Crippen molar-refractivity contribution < 1.29 is 9.90 Å². The van der Waals surface area contributed by atoms with Gasteiger partial charge in [-0.2, -0.15) is 4.98 Å². The van der Waals surface area contributed by atoms with E-state index in [0.717, 1.165) is 24.2 Å². The van der Waals surface area contributed by atoms with Crippen LogP contribution in [0.4, 0.5) is 11.8 Å². The van der Waals surface area contributed by atoms with Crippen molar-refractivity contribution in [2.24, 2.45) is 0 Å². The van der Waals surface area contributed by atoms with Crippen molar-refractivity contribution in [3.05, 3.63) is 41.1 Å². The maximum atomic E-state index is 11.7. The molecule has 0 spiro atoms. The Morgan fingerprint density at radius 2 is 1.85 bits per heavy atom. The number of fused-ring (bicyclic) bond motifs is 1. The highest BCUT2D eigenvalue weighted by Gasteiger charge is 2.24. The predicted octanol–water partition coefficient (Wildman–Crippen LogP) is 3.66. The van der Waals surface area contributed by atoms with Crippen molar-refractivity contribution in [3.8, 4) is 5.88 Å². The molecule has 1 aliphatic rings. The number of hydrogen-bond donors (Lipinski definition) is 2. The van der Waals surface area contributed by atoms with Crippen LogP contribution < -0.4 is 10.2 Å². The van der Waals surface area contributed by atoms with Gasteiger partial charge in [-0.1, -0.05) is 18.2 Å². The zero-order valence-electron chi connectivity index (χ0n) is 20.2. The van der Waals surface area contributed by atoms with Crippen LogP contribution in [-0.4, -0.2) is 63.2 Å². The Morgan fingerprint density at radius 3 is 2.48 bits per heavy atom. The van der Waals surface area contributed by atoms with Crippen molar-refractivity contribution in [1.29, 1.82) is 0 Å².